The number of sulfone groups is 1. The Kier molecular flexibility index (Phi) is 8.27. The molecule has 0 spiro atoms. The van der Waals surface area contributed by atoms with Gasteiger partial charge < -0.3 is 24.8 Å². The third kappa shape index (κ3) is 7.02. The van der Waals surface area contributed by atoms with E-state index < -0.39 is 22.6 Å². The molecule has 2 heterocycles. The van der Waals surface area contributed by atoms with Crippen molar-refractivity contribution in [3.05, 3.63) is 54.2 Å². The lowest BCUT2D eigenvalue weighted by Crippen LogP contribution is -2.36. The summed E-state index contributed by atoms with van der Waals surface area (Å²) in [7, 11) is 0.200. The van der Waals surface area contributed by atoms with Crippen LogP contribution in [0.25, 0.3) is 17.0 Å². The molecule has 3 aromatic rings. The van der Waals surface area contributed by atoms with Crippen molar-refractivity contribution < 1.29 is 26.3 Å². The second kappa shape index (κ2) is 11.3. The average Bonchev–Trinajstić information content (AvgIpc) is 3.24. The molecule has 0 aliphatic carbocycles. The molecule has 206 valence electrons. The molecular formula is C27H33F3N4O3S. The molecule has 1 saturated heterocycles. The summed E-state index contributed by atoms with van der Waals surface area (Å²) in [6.07, 6.45) is 3.88. The standard InChI is InChI=1S/C27H33F3N4O3S/c1-33-12-8-20(9-13-33)32-23-15-19(16-25-22(23)10-14-34(25)18-27(28,29)30)5-4-11-31-24-17-21(38(3,35)36)6-7-26(24)37-2/h4-7,10,14-17,20,31-32H,8-9,11-13,18H2,1-3H3/b5-4-. The number of rotatable bonds is 9. The van der Waals surface area contributed by atoms with E-state index in [2.05, 4.69) is 22.6 Å². The fourth-order valence-electron chi connectivity index (χ4n) is 4.66. The van der Waals surface area contributed by atoms with Gasteiger partial charge in [-0.15, -0.1) is 0 Å². The van der Waals surface area contributed by atoms with Gasteiger partial charge in [-0.3, -0.25) is 0 Å². The number of piperidine rings is 1. The summed E-state index contributed by atoms with van der Waals surface area (Å²) < 4.78 is 70.1. The van der Waals surface area contributed by atoms with Crippen molar-refractivity contribution in [3.63, 3.8) is 0 Å². The Hall–Kier alpha value is -3.18. The van der Waals surface area contributed by atoms with Crippen molar-refractivity contribution in [1.29, 1.82) is 0 Å². The van der Waals surface area contributed by atoms with Gasteiger partial charge in [0.05, 0.1) is 23.2 Å². The largest absolute Gasteiger partial charge is 0.495 e. The van der Waals surface area contributed by atoms with Crippen LogP contribution >= 0.6 is 0 Å². The number of benzene rings is 2. The van der Waals surface area contributed by atoms with Crippen LogP contribution in [0.3, 0.4) is 0 Å². The van der Waals surface area contributed by atoms with Gasteiger partial charge in [0.2, 0.25) is 0 Å². The third-order valence-corrected chi connectivity index (χ3v) is 7.77. The Labute approximate surface area is 221 Å². The molecule has 1 aliphatic heterocycles. The van der Waals surface area contributed by atoms with Gasteiger partial charge in [0.1, 0.15) is 12.3 Å². The molecule has 4 rings (SSSR count). The number of halogens is 3. The lowest BCUT2D eigenvalue weighted by atomic mass is 10.0. The molecule has 2 N–H and O–H groups in total. The second-order valence-electron chi connectivity index (χ2n) is 9.70. The first-order chi connectivity index (χ1) is 17.9. The molecular weight excluding hydrogens is 517 g/mol. The molecule has 0 radical (unpaired) electrons. The Balaban J connectivity index is 1.58. The number of ether oxygens (including phenoxy) is 1. The molecule has 1 aliphatic rings. The first kappa shape index (κ1) is 27.8. The van der Waals surface area contributed by atoms with Crippen molar-refractivity contribution in [2.24, 2.45) is 0 Å². The molecule has 7 nitrogen and oxygen atoms in total. The van der Waals surface area contributed by atoms with E-state index in [1.165, 1.54) is 30.0 Å². The summed E-state index contributed by atoms with van der Waals surface area (Å²) in [5.41, 5.74) is 2.61. The summed E-state index contributed by atoms with van der Waals surface area (Å²) in [5.74, 6) is 0.502. The zero-order chi connectivity index (χ0) is 27.5. The summed E-state index contributed by atoms with van der Waals surface area (Å²) in [5, 5.41) is 7.48. The van der Waals surface area contributed by atoms with Crippen molar-refractivity contribution in [2.45, 2.75) is 36.5 Å². The van der Waals surface area contributed by atoms with E-state index in [0.717, 1.165) is 48.8 Å². The van der Waals surface area contributed by atoms with Crippen LogP contribution in [0.4, 0.5) is 24.5 Å². The van der Waals surface area contributed by atoms with Crippen LogP contribution in [0, 0.1) is 0 Å². The number of nitrogens with zero attached hydrogens (tertiary/aromatic N) is 2. The number of likely N-dealkylation sites (tertiary alicyclic amines) is 1. The fraction of sp³-hybridized carbons (Fsp3) is 0.407. The van der Waals surface area contributed by atoms with Crippen molar-refractivity contribution in [1.82, 2.24) is 9.47 Å². The summed E-state index contributed by atoms with van der Waals surface area (Å²) in [6.45, 7) is 1.22. The number of anilines is 2. The average molecular weight is 551 g/mol. The Morgan fingerprint density at radius 2 is 1.84 bits per heavy atom. The van der Waals surface area contributed by atoms with E-state index >= 15 is 0 Å². The lowest BCUT2D eigenvalue weighted by molar-refractivity contribution is -0.139. The topological polar surface area (TPSA) is 75.6 Å². The molecule has 0 unspecified atom stereocenters. The van der Waals surface area contributed by atoms with Gasteiger partial charge >= 0.3 is 6.18 Å². The van der Waals surface area contributed by atoms with E-state index in [9.17, 15) is 21.6 Å². The van der Waals surface area contributed by atoms with Crippen molar-refractivity contribution in [2.75, 3.05) is 50.7 Å². The molecule has 11 heteroatoms. The molecule has 1 aromatic heterocycles. The highest BCUT2D eigenvalue weighted by Gasteiger charge is 2.28. The minimum absolute atomic E-state index is 0.172. The highest BCUT2D eigenvalue weighted by atomic mass is 32.2. The monoisotopic (exact) mass is 550 g/mol. The smallest absolute Gasteiger partial charge is 0.406 e. The van der Waals surface area contributed by atoms with E-state index in [-0.39, 0.29) is 10.9 Å². The molecule has 2 aromatic carbocycles. The zero-order valence-electron chi connectivity index (χ0n) is 21.7. The minimum atomic E-state index is -4.33. The van der Waals surface area contributed by atoms with E-state index in [0.29, 0.717) is 23.5 Å². The van der Waals surface area contributed by atoms with Crippen LogP contribution < -0.4 is 15.4 Å². The van der Waals surface area contributed by atoms with Crippen LogP contribution in [0.1, 0.15) is 18.4 Å². The first-order valence-corrected chi connectivity index (χ1v) is 14.3. The highest BCUT2D eigenvalue weighted by molar-refractivity contribution is 7.90. The zero-order valence-corrected chi connectivity index (χ0v) is 22.5. The normalized spacial score (nSPS) is 15.8. The molecule has 0 amide bonds. The van der Waals surface area contributed by atoms with Crippen LogP contribution in [-0.2, 0) is 16.4 Å². The number of alkyl halides is 3. The van der Waals surface area contributed by atoms with Crippen LogP contribution in [0.15, 0.2) is 53.6 Å². The quantitative estimate of drug-likeness (QED) is 0.379. The van der Waals surface area contributed by atoms with Gasteiger partial charge in [-0.2, -0.15) is 13.2 Å². The number of nitrogens with one attached hydrogen (secondary N) is 2. The molecule has 0 atom stereocenters. The number of hydrogen-bond donors (Lipinski definition) is 2. The lowest BCUT2D eigenvalue weighted by Gasteiger charge is -2.30. The minimum Gasteiger partial charge on any atom is -0.495 e. The summed E-state index contributed by atoms with van der Waals surface area (Å²) in [6, 6.07) is 10.3. The Morgan fingerprint density at radius 1 is 1.11 bits per heavy atom. The van der Waals surface area contributed by atoms with Gasteiger partial charge in [-0.25, -0.2) is 8.42 Å². The SMILES string of the molecule is COc1ccc(S(C)(=O)=O)cc1NC/C=C\c1cc(NC2CCN(C)CC2)c2ccn(CC(F)(F)F)c2c1. The number of fused-ring (bicyclic) bond motifs is 1. The predicted octanol–water partition coefficient (Wildman–Crippen LogP) is 5.25. The maximum Gasteiger partial charge on any atom is 0.406 e. The summed E-state index contributed by atoms with van der Waals surface area (Å²) in [4.78, 5) is 2.44. The molecule has 38 heavy (non-hydrogen) atoms. The highest BCUT2D eigenvalue weighted by Crippen LogP contribution is 2.32. The van der Waals surface area contributed by atoms with Crippen molar-refractivity contribution in [3.8, 4) is 5.75 Å². The Bertz CT molecular complexity index is 1410. The maximum absolute atomic E-state index is 13.2. The van der Waals surface area contributed by atoms with Crippen molar-refractivity contribution >= 4 is 38.2 Å². The molecule has 1 fully saturated rings. The van der Waals surface area contributed by atoms with E-state index in [1.54, 1.807) is 18.2 Å². The molecule has 0 saturated carbocycles. The van der Waals surface area contributed by atoms with Crippen LogP contribution in [0.5, 0.6) is 5.75 Å². The first-order valence-electron chi connectivity index (χ1n) is 12.4. The van der Waals surface area contributed by atoms with Gasteiger partial charge in [0, 0.05) is 36.1 Å². The predicted molar refractivity (Wildman–Crippen MR) is 146 cm³/mol. The van der Waals surface area contributed by atoms with Gasteiger partial charge in [-0.1, -0.05) is 12.2 Å². The van der Waals surface area contributed by atoms with Gasteiger partial charge in [0.25, 0.3) is 0 Å². The fourth-order valence-corrected chi connectivity index (χ4v) is 5.30. The Morgan fingerprint density at radius 3 is 2.50 bits per heavy atom. The van der Waals surface area contributed by atoms with Crippen LogP contribution in [0.2, 0.25) is 0 Å². The van der Waals surface area contributed by atoms with E-state index in [4.69, 9.17) is 4.74 Å². The van der Waals surface area contributed by atoms with Crippen LogP contribution in [-0.4, -0.2) is 70.2 Å². The number of methoxy groups -OCH3 is 1. The summed E-state index contributed by atoms with van der Waals surface area (Å²) >= 11 is 0. The second-order valence-corrected chi connectivity index (χ2v) is 11.7. The molecule has 0 bridgehead atoms. The van der Waals surface area contributed by atoms with Gasteiger partial charge in [-0.05, 0) is 74.9 Å². The third-order valence-electron chi connectivity index (χ3n) is 6.66. The van der Waals surface area contributed by atoms with Gasteiger partial charge in [0.15, 0.2) is 9.84 Å². The maximum atomic E-state index is 13.2. The number of aromatic nitrogens is 1. The number of hydrogen-bond acceptors (Lipinski definition) is 6. The van der Waals surface area contributed by atoms with E-state index in [1.807, 2.05) is 18.2 Å².